The van der Waals surface area contributed by atoms with E-state index in [9.17, 15) is 97.4 Å². The third kappa shape index (κ3) is 31.4. The molecule has 0 aliphatic heterocycles. The Balaban J connectivity index is -0.0000135. The molecule has 0 amide bonds. The van der Waals surface area contributed by atoms with Crippen molar-refractivity contribution in [3.05, 3.63) is 0 Å². The minimum absolute atomic E-state index is 0. The van der Waals surface area contributed by atoms with E-state index in [0.717, 1.165) is 0 Å². The van der Waals surface area contributed by atoms with Gasteiger partial charge < -0.3 is 6.15 Å². The van der Waals surface area contributed by atoms with Gasteiger partial charge in [0.25, 0.3) is 0 Å². The fourth-order valence-electron chi connectivity index (χ4n) is 1.40. The molecular weight excluding hydrogens is 1930 g/mol. The molecule has 0 aromatic carbocycles. The van der Waals surface area contributed by atoms with Crippen LogP contribution in [0.25, 0.3) is 0 Å². The Labute approximate surface area is 359 Å². The van der Waals surface area contributed by atoms with Crippen LogP contribution in [0.2, 0.25) is 0 Å². The zero-order chi connectivity index (χ0) is 43.0. The largest absolute Gasteiger partial charge is 4.00 e. The van der Waals surface area contributed by atoms with E-state index in [2.05, 4.69) is 27.9 Å². The van der Waals surface area contributed by atoms with Gasteiger partial charge in [0.15, 0.2) is 0 Å². The predicted molar refractivity (Wildman–Crippen MR) is 43.1 cm³/mol. The normalized spacial score (nSPS) is 15.0. The molecule has 55 heavy (non-hydrogen) atoms. The van der Waals surface area contributed by atoms with Crippen molar-refractivity contribution >= 4 is 7.82 Å². The first-order chi connectivity index (χ1) is 22.5. The minimum Gasteiger partial charge on any atom is -0.369 e. The Morgan fingerprint density at radius 3 is 0.545 bits per heavy atom. The molecule has 0 fully saturated rings. The number of hydrogen-bond donors (Lipinski definition) is 1. The summed E-state index contributed by atoms with van der Waals surface area (Å²) in [5.41, 5.74) is 0. The molecule has 0 atom stereocenters. The summed E-state index contributed by atoms with van der Waals surface area (Å²) in [6, 6.07) is 0. The molecule has 0 aromatic heterocycles. The zero-order valence-electron chi connectivity index (χ0n) is 23.2. The van der Waals surface area contributed by atoms with Crippen molar-refractivity contribution < 1.29 is 352 Å². The van der Waals surface area contributed by atoms with Crippen LogP contribution in [-0.4, -0.2) is 0 Å². The number of hydrogen-bond acceptors (Lipinski definition) is 40. The molecule has 4 N–H and O–H groups in total. The van der Waals surface area contributed by atoms with Crippen molar-refractivity contribution in [2.24, 2.45) is 0 Å². The Hall–Kier alpha value is 3.93. The number of phosphoric acid groups is 1. The Morgan fingerprint density at radius 1 is 0.273 bits per heavy atom. The van der Waals surface area contributed by atoms with Crippen LogP contribution in [0.3, 0.4) is 0 Å². The monoisotopic (exact) mass is 1950 g/mol. The fraction of sp³-hybridized carbons (Fsp3) is 0. The van der Waals surface area contributed by atoms with E-state index in [0.29, 0.717) is 0 Å². The minimum atomic E-state index is -8.82. The molecule has 0 saturated carbocycles. The first-order valence-electron chi connectivity index (χ1n) is 8.73. The molecule has 0 bridgehead atoms. The van der Waals surface area contributed by atoms with Crippen molar-refractivity contribution in [2.45, 2.75) is 0 Å². The van der Waals surface area contributed by atoms with Crippen LogP contribution in [0.1, 0.15) is 0 Å². The van der Waals surface area contributed by atoms with Crippen LogP contribution in [0.4, 0.5) is 0 Å². The maximum Gasteiger partial charge on any atom is 4.00 e. The van der Waals surface area contributed by atoms with Gasteiger partial charge in [0, 0.05) is 0 Å². The van der Waals surface area contributed by atoms with Gasteiger partial charge in [-0.1, -0.05) is 0 Å². The molecule has 0 radical (unpaired) electrons. The van der Waals surface area contributed by atoms with Crippen LogP contribution in [0.5, 0.6) is 0 Å². The van der Waals surface area contributed by atoms with Gasteiger partial charge in [-0.25, -0.2) is 0 Å². The summed E-state index contributed by atoms with van der Waals surface area (Å²) in [6.07, 6.45) is 0. The number of quaternary nitrogens is 1. The molecular formula is H4Mo12NO40PZr+2. The quantitative estimate of drug-likeness (QED) is 0.0694. The van der Waals surface area contributed by atoms with E-state index in [1.54, 1.807) is 0 Å². The van der Waals surface area contributed by atoms with Crippen molar-refractivity contribution in [1.29, 1.82) is 0 Å². The molecule has 0 aromatic rings. The molecule has 41 nitrogen and oxygen atoms in total. The molecule has 328 valence electrons. The van der Waals surface area contributed by atoms with Crippen LogP contribution in [-0.2, 0) is 341 Å². The second-order valence-corrected chi connectivity index (χ2v) is 55.7. The van der Waals surface area contributed by atoms with Crippen LogP contribution >= 0.6 is 7.82 Å². The van der Waals surface area contributed by atoms with E-state index in [1.165, 1.54) is 0 Å². The summed E-state index contributed by atoms with van der Waals surface area (Å²) in [4.78, 5) is 0. The average Bonchev–Trinajstić information content (AvgIpc) is 2.58. The molecule has 0 heterocycles. The van der Waals surface area contributed by atoms with Gasteiger partial charge in [-0.05, 0) is 0 Å². The Kier molecular flexibility index (Phi) is 24.5. The summed E-state index contributed by atoms with van der Waals surface area (Å²) >= 11 is -98.5. The van der Waals surface area contributed by atoms with Crippen molar-refractivity contribution in [1.82, 2.24) is 6.15 Å². The molecule has 0 rings (SSSR count). The van der Waals surface area contributed by atoms with E-state index in [4.69, 9.17) is 0 Å². The fourth-order valence-corrected chi connectivity index (χ4v) is 60.0. The van der Waals surface area contributed by atoms with Gasteiger partial charge in [-0.15, -0.1) is 0 Å². The summed E-state index contributed by atoms with van der Waals surface area (Å²) in [5.74, 6) is 0. The van der Waals surface area contributed by atoms with Gasteiger partial charge in [0.05, 0.1) is 0 Å². The maximum atomic E-state index is 12.7. The van der Waals surface area contributed by atoms with Crippen LogP contribution < -0.4 is 17.4 Å². The SMILES string of the molecule is O=P([O][Mo](=[O])(=[O])[O][Mo](=[O])(=[O])[O][Mo](=[O])(=[O])[O][Mo](=[O])(=[O])[O-])([O][Mo](=[O])(=[O])[O][Mo](=[O])(=[O])[O][Mo](=[O])(=[O])[O][Mo](=[O])(=[O])[O-])[O][Mo](=[O])(=[O])[O][Mo](=[O])(=[O])[O][Mo](=[O])(=[O])[O][Mo](=[O])(=[O])[O-].[NH4+].[Zr+4]. The van der Waals surface area contributed by atoms with E-state index in [1.807, 2.05) is 0 Å². The molecule has 0 unspecified atom stereocenters. The summed E-state index contributed by atoms with van der Waals surface area (Å²) in [7, 11) is -7.94. The third-order valence-electron chi connectivity index (χ3n) is 2.05. The molecule has 0 aliphatic rings. The van der Waals surface area contributed by atoms with Gasteiger partial charge in [0.1, 0.15) is 0 Å². The smallest absolute Gasteiger partial charge is 0.369 e. The standard InChI is InChI=1S/12Mo.H3N.H3O4P.36O.Zr/c;;;;;;;;;;;;;1-5(2,3)4;;;;;;;;;;;;;;;;;;;;;;;;;;;;;;;;;;;;;/h;;;;;;;;;;;;1H3;(H3,1,2,3,4);;;;;;;;;;;;;;;;;;;;;;;;;;;;;;;;;;;;;/q;;;;;;;;;3*+1;;;;;;;;;;;;;;;;;;;;;;;;;;;;;;;;;;;;3*-1;+4/p-2. The zero-order valence-corrected chi connectivity index (χ0v) is 50.6. The summed E-state index contributed by atoms with van der Waals surface area (Å²) in [5, 5.41) is 0. The number of rotatable bonds is 24. The van der Waals surface area contributed by atoms with Gasteiger partial charge in [-0.3, -0.25) is 0 Å². The maximum absolute atomic E-state index is 12.7. The molecule has 0 aliphatic carbocycles. The van der Waals surface area contributed by atoms with E-state index >= 15 is 0 Å². The Morgan fingerprint density at radius 2 is 0.400 bits per heavy atom. The van der Waals surface area contributed by atoms with Crippen LogP contribution in [0.15, 0.2) is 0 Å². The summed E-state index contributed by atoms with van der Waals surface area (Å²) in [6.45, 7) is 0. The van der Waals surface area contributed by atoms with E-state index in [-0.39, 0.29) is 32.4 Å². The second kappa shape index (κ2) is 21.3. The molecule has 55 heteroatoms. The second-order valence-electron chi connectivity index (χ2n) is 6.18. The average molecular weight is 1930 g/mol. The first kappa shape index (κ1) is 63.2. The van der Waals surface area contributed by atoms with Crippen LogP contribution in [0, 0.1) is 0 Å². The van der Waals surface area contributed by atoms with Crippen molar-refractivity contribution in [3.8, 4) is 0 Å². The van der Waals surface area contributed by atoms with Gasteiger partial charge in [-0.2, -0.15) is 0 Å². The third-order valence-corrected chi connectivity index (χ3v) is 62.2. The van der Waals surface area contributed by atoms with Gasteiger partial charge >= 0.3 is 360 Å². The Bertz CT molecular complexity index is 2520. The van der Waals surface area contributed by atoms with E-state index < -0.39 is 209 Å². The van der Waals surface area contributed by atoms with Crippen molar-refractivity contribution in [3.63, 3.8) is 0 Å². The van der Waals surface area contributed by atoms with Gasteiger partial charge in [0.2, 0.25) is 0 Å². The first-order valence-corrected chi connectivity index (χ1v) is 49.5. The molecule has 0 saturated heterocycles. The topological polar surface area (TPSA) is 643 Å². The summed E-state index contributed by atoms with van der Waals surface area (Å²) < 4.78 is 351. The van der Waals surface area contributed by atoms with Crippen molar-refractivity contribution in [2.75, 3.05) is 0 Å². The predicted octanol–water partition coefficient (Wildman–Crippen LogP) is -6.15. The molecule has 0 spiro atoms.